The number of nitrogens with one attached hydrogen (secondary N) is 1. The lowest BCUT2D eigenvalue weighted by Crippen LogP contribution is -2.57. The molecule has 0 aliphatic carbocycles. The van der Waals surface area contributed by atoms with Crippen molar-refractivity contribution in [2.75, 3.05) is 33.7 Å². The van der Waals surface area contributed by atoms with Gasteiger partial charge < -0.3 is 25.0 Å². The third kappa shape index (κ3) is 5.70. The van der Waals surface area contributed by atoms with Crippen LogP contribution in [0.1, 0.15) is 33.6 Å². The number of carboxylic acid groups (broad SMARTS) is 1. The number of amides is 2. The molecule has 0 aromatic carbocycles. The van der Waals surface area contributed by atoms with Gasteiger partial charge in [-0.15, -0.1) is 0 Å². The van der Waals surface area contributed by atoms with Crippen molar-refractivity contribution in [1.82, 2.24) is 15.1 Å². The lowest BCUT2D eigenvalue weighted by atomic mass is 9.99. The fourth-order valence-electron chi connectivity index (χ4n) is 2.33. The molecule has 0 aromatic heterocycles. The van der Waals surface area contributed by atoms with Crippen LogP contribution >= 0.6 is 0 Å². The van der Waals surface area contributed by atoms with Crippen LogP contribution < -0.4 is 5.32 Å². The third-order valence-corrected chi connectivity index (χ3v) is 3.54. The first-order chi connectivity index (χ1) is 10.4. The second-order valence-corrected chi connectivity index (χ2v) is 7.13. The summed E-state index contributed by atoms with van der Waals surface area (Å²) in [5, 5.41) is 11.9. The summed E-state index contributed by atoms with van der Waals surface area (Å²) in [6, 6.07) is 0. The number of hydrogen-bond acceptors (Lipinski definition) is 5. The number of rotatable bonds is 5. The lowest BCUT2D eigenvalue weighted by molar-refractivity contribution is -0.144. The van der Waals surface area contributed by atoms with Gasteiger partial charge in [0.1, 0.15) is 5.60 Å². The maximum atomic E-state index is 12.1. The van der Waals surface area contributed by atoms with Gasteiger partial charge in [-0.25, -0.2) is 9.59 Å². The molecule has 0 saturated carbocycles. The minimum atomic E-state index is -1.49. The Balaban J connectivity index is 2.71. The molecule has 1 saturated heterocycles. The Morgan fingerprint density at radius 1 is 1.30 bits per heavy atom. The molecule has 2 N–H and O–H groups in total. The normalized spacial score (nSPS) is 21.4. The first-order valence-electron chi connectivity index (χ1n) is 7.62. The molecule has 8 heteroatoms. The standard InChI is InChI=1S/C15H27N3O5/c1-14(2,3)23-13(22)16-15(12(20)21)7-9-18(10-15)11(19)6-8-17(4)5/h6-10H2,1-5H3,(H,16,22)(H,20,21). The molecule has 0 bridgehead atoms. The van der Waals surface area contributed by atoms with E-state index < -0.39 is 23.2 Å². The lowest BCUT2D eigenvalue weighted by Gasteiger charge is -2.28. The predicted molar refractivity (Wildman–Crippen MR) is 84.1 cm³/mol. The van der Waals surface area contributed by atoms with Crippen molar-refractivity contribution in [3.63, 3.8) is 0 Å². The molecule has 23 heavy (non-hydrogen) atoms. The summed E-state index contributed by atoms with van der Waals surface area (Å²) in [7, 11) is 3.73. The molecular formula is C15H27N3O5. The highest BCUT2D eigenvalue weighted by molar-refractivity contribution is 5.87. The highest BCUT2D eigenvalue weighted by atomic mass is 16.6. The van der Waals surface area contributed by atoms with Crippen LogP contribution in [0.3, 0.4) is 0 Å². The molecule has 1 atom stereocenters. The second kappa shape index (κ2) is 7.16. The van der Waals surface area contributed by atoms with Gasteiger partial charge in [0.25, 0.3) is 0 Å². The quantitative estimate of drug-likeness (QED) is 0.763. The summed E-state index contributed by atoms with van der Waals surface area (Å²) < 4.78 is 5.13. The number of aliphatic carboxylic acids is 1. The van der Waals surface area contributed by atoms with Crippen molar-refractivity contribution in [1.29, 1.82) is 0 Å². The van der Waals surface area contributed by atoms with Crippen LogP contribution in [0.4, 0.5) is 4.79 Å². The van der Waals surface area contributed by atoms with E-state index in [9.17, 15) is 19.5 Å². The van der Waals surface area contributed by atoms with E-state index in [4.69, 9.17) is 4.74 Å². The Bertz CT molecular complexity index is 472. The van der Waals surface area contributed by atoms with E-state index in [-0.39, 0.29) is 18.9 Å². The Hall–Kier alpha value is -1.83. The molecule has 1 fully saturated rings. The molecular weight excluding hydrogens is 302 g/mol. The summed E-state index contributed by atoms with van der Waals surface area (Å²) in [5.41, 5.74) is -2.21. The smallest absolute Gasteiger partial charge is 0.408 e. The minimum Gasteiger partial charge on any atom is -0.479 e. The van der Waals surface area contributed by atoms with Crippen LogP contribution in [0.15, 0.2) is 0 Å². The molecule has 1 rings (SSSR count). The van der Waals surface area contributed by atoms with Gasteiger partial charge in [-0.1, -0.05) is 0 Å². The van der Waals surface area contributed by atoms with Crippen LogP contribution in [0.5, 0.6) is 0 Å². The van der Waals surface area contributed by atoms with E-state index >= 15 is 0 Å². The van der Waals surface area contributed by atoms with Gasteiger partial charge in [0.05, 0.1) is 6.54 Å². The maximum Gasteiger partial charge on any atom is 0.408 e. The van der Waals surface area contributed by atoms with Crippen LogP contribution in [-0.2, 0) is 14.3 Å². The van der Waals surface area contributed by atoms with Crippen molar-refractivity contribution in [2.24, 2.45) is 0 Å². The molecule has 0 spiro atoms. The van der Waals surface area contributed by atoms with Crippen molar-refractivity contribution in [3.05, 3.63) is 0 Å². The first-order valence-corrected chi connectivity index (χ1v) is 7.62. The van der Waals surface area contributed by atoms with Crippen LogP contribution in [0, 0.1) is 0 Å². The van der Waals surface area contributed by atoms with E-state index in [0.29, 0.717) is 19.5 Å². The Labute approximate surface area is 136 Å². The average molecular weight is 329 g/mol. The van der Waals surface area contributed by atoms with Gasteiger partial charge in [-0.3, -0.25) is 4.79 Å². The predicted octanol–water partition coefficient (Wildman–Crippen LogP) is 0.519. The topological polar surface area (TPSA) is 99.2 Å². The van der Waals surface area contributed by atoms with E-state index in [1.165, 1.54) is 4.90 Å². The Morgan fingerprint density at radius 2 is 1.91 bits per heavy atom. The number of hydrogen-bond donors (Lipinski definition) is 2. The van der Waals surface area contributed by atoms with Gasteiger partial charge in [0.2, 0.25) is 5.91 Å². The number of carboxylic acids is 1. The SMILES string of the molecule is CN(C)CCC(=O)N1CCC(NC(=O)OC(C)(C)C)(C(=O)O)C1. The molecule has 1 aliphatic heterocycles. The monoisotopic (exact) mass is 329 g/mol. The Morgan fingerprint density at radius 3 is 2.39 bits per heavy atom. The molecule has 1 unspecified atom stereocenters. The summed E-state index contributed by atoms with van der Waals surface area (Å²) in [6.45, 7) is 5.94. The summed E-state index contributed by atoms with van der Waals surface area (Å²) in [6.07, 6.45) is -0.313. The molecule has 8 nitrogen and oxygen atoms in total. The number of nitrogens with zero attached hydrogens (tertiary/aromatic N) is 2. The molecule has 132 valence electrons. The van der Waals surface area contributed by atoms with Gasteiger partial charge in [0.15, 0.2) is 5.54 Å². The van der Waals surface area contributed by atoms with Gasteiger partial charge >= 0.3 is 12.1 Å². The van der Waals surface area contributed by atoms with Crippen molar-refractivity contribution in [3.8, 4) is 0 Å². The van der Waals surface area contributed by atoms with Crippen LogP contribution in [0.25, 0.3) is 0 Å². The zero-order valence-electron chi connectivity index (χ0n) is 14.5. The number of ether oxygens (including phenoxy) is 1. The van der Waals surface area contributed by atoms with E-state index in [0.717, 1.165) is 0 Å². The maximum absolute atomic E-state index is 12.1. The van der Waals surface area contributed by atoms with Crippen LogP contribution in [-0.4, -0.2) is 77.7 Å². The molecule has 1 aliphatic rings. The highest BCUT2D eigenvalue weighted by Crippen LogP contribution is 2.23. The van der Waals surface area contributed by atoms with Crippen LogP contribution in [0.2, 0.25) is 0 Å². The fourth-order valence-corrected chi connectivity index (χ4v) is 2.33. The largest absolute Gasteiger partial charge is 0.479 e. The molecule has 0 aromatic rings. The summed E-state index contributed by atoms with van der Waals surface area (Å²) in [4.78, 5) is 39.1. The summed E-state index contributed by atoms with van der Waals surface area (Å²) in [5.74, 6) is -1.28. The highest BCUT2D eigenvalue weighted by Gasteiger charge is 2.48. The van der Waals surface area contributed by atoms with E-state index in [1.807, 2.05) is 19.0 Å². The number of likely N-dealkylation sites (tertiary alicyclic amines) is 1. The van der Waals surface area contributed by atoms with Gasteiger partial charge in [-0.05, 0) is 34.9 Å². The third-order valence-electron chi connectivity index (χ3n) is 3.54. The number of carbonyl (C=O) groups excluding carboxylic acids is 2. The molecule has 2 amide bonds. The van der Waals surface area contributed by atoms with Crippen molar-refractivity contribution >= 4 is 18.0 Å². The molecule has 0 radical (unpaired) electrons. The Kier molecular flexibility index (Phi) is 5.98. The minimum absolute atomic E-state index is 0.0478. The first kappa shape index (κ1) is 19.2. The van der Waals surface area contributed by atoms with Gasteiger partial charge in [0, 0.05) is 25.9 Å². The van der Waals surface area contributed by atoms with Crippen molar-refractivity contribution in [2.45, 2.75) is 44.8 Å². The zero-order valence-corrected chi connectivity index (χ0v) is 14.5. The zero-order chi connectivity index (χ0) is 17.8. The fraction of sp³-hybridized carbons (Fsp3) is 0.800. The van der Waals surface area contributed by atoms with Crippen molar-refractivity contribution < 1.29 is 24.2 Å². The summed E-state index contributed by atoms with van der Waals surface area (Å²) >= 11 is 0. The van der Waals surface area contributed by atoms with E-state index in [2.05, 4.69) is 5.32 Å². The van der Waals surface area contributed by atoms with E-state index in [1.54, 1.807) is 20.8 Å². The number of alkyl carbamates (subject to hydrolysis) is 1. The van der Waals surface area contributed by atoms with Gasteiger partial charge in [-0.2, -0.15) is 0 Å². The second-order valence-electron chi connectivity index (χ2n) is 7.13. The number of carbonyl (C=O) groups is 3. The molecule has 1 heterocycles. The average Bonchev–Trinajstić information content (AvgIpc) is 2.79.